The van der Waals surface area contributed by atoms with Crippen molar-refractivity contribution in [2.75, 3.05) is 0 Å². The summed E-state index contributed by atoms with van der Waals surface area (Å²) in [6.07, 6.45) is 2.90. The fraction of sp³-hybridized carbons (Fsp3) is 0.167. The Bertz CT molecular complexity index is 644. The van der Waals surface area contributed by atoms with Crippen LogP contribution in [-0.2, 0) is 22.3 Å². The number of sulfonamides is 1. The number of hydrogen-bond acceptors (Lipinski definition) is 4. The van der Waals surface area contributed by atoms with E-state index in [0.717, 1.165) is 5.56 Å². The van der Waals surface area contributed by atoms with E-state index in [2.05, 4.69) is 20.4 Å². The van der Waals surface area contributed by atoms with E-state index in [1.165, 1.54) is 12.4 Å². The van der Waals surface area contributed by atoms with Gasteiger partial charge >= 0.3 is 0 Å². The molecule has 3 N–H and O–H groups in total. The number of aromatic nitrogens is 2. The Kier molecular flexibility index (Phi) is 4.08. The maximum absolute atomic E-state index is 12.0. The van der Waals surface area contributed by atoms with Crippen molar-refractivity contribution in [3.63, 3.8) is 0 Å². The van der Waals surface area contributed by atoms with E-state index in [-0.39, 0.29) is 11.7 Å². The van der Waals surface area contributed by atoms with Crippen molar-refractivity contribution in [1.82, 2.24) is 9.97 Å². The molecule has 0 spiro atoms. The van der Waals surface area contributed by atoms with Gasteiger partial charge in [0.05, 0.1) is 12.3 Å². The third-order valence-electron chi connectivity index (χ3n) is 2.50. The first-order chi connectivity index (χ1) is 9.11. The van der Waals surface area contributed by atoms with Crippen LogP contribution in [0.1, 0.15) is 11.1 Å². The van der Waals surface area contributed by atoms with Gasteiger partial charge < -0.3 is 15.7 Å². The lowest BCUT2D eigenvalue weighted by molar-refractivity contribution is -0.386. The highest BCUT2D eigenvalue weighted by Gasteiger charge is 2.12. The number of nitrogens with zero attached hydrogens (tertiary/aromatic N) is 3. The summed E-state index contributed by atoms with van der Waals surface area (Å²) in [5.41, 5.74) is 5.38. The Morgan fingerprint density at radius 3 is 2.32 bits per heavy atom. The molecule has 0 amide bonds. The van der Waals surface area contributed by atoms with E-state index in [1.54, 1.807) is 18.2 Å². The third-order valence-corrected chi connectivity index (χ3v) is 3.62. The summed E-state index contributed by atoms with van der Waals surface area (Å²) in [6, 6.07) is 8.87. The van der Waals surface area contributed by atoms with E-state index in [0.29, 0.717) is 12.1 Å². The summed E-state index contributed by atoms with van der Waals surface area (Å²) in [5, 5.41) is 0. The van der Waals surface area contributed by atoms with Gasteiger partial charge in [0.25, 0.3) is 0 Å². The van der Waals surface area contributed by atoms with Crippen molar-refractivity contribution >= 4 is 16.0 Å². The summed E-state index contributed by atoms with van der Waals surface area (Å²) >= 11 is 0. The van der Waals surface area contributed by atoms with Gasteiger partial charge in [-0.25, -0.2) is 8.42 Å². The van der Waals surface area contributed by atoms with Gasteiger partial charge in [-0.05, 0) is 18.0 Å². The first kappa shape index (κ1) is 13.4. The summed E-state index contributed by atoms with van der Waals surface area (Å²) in [6.45, 7) is 0.535. The molecule has 1 heterocycles. The van der Waals surface area contributed by atoms with Crippen molar-refractivity contribution in [2.24, 2.45) is 0 Å². The van der Waals surface area contributed by atoms with Crippen LogP contribution in [0.3, 0.4) is 0 Å². The fourth-order valence-corrected chi connectivity index (χ4v) is 2.72. The molecule has 0 atom stereocenters. The van der Waals surface area contributed by atoms with Crippen LogP contribution in [0.5, 0.6) is 0 Å². The topological polar surface area (TPSA) is 102 Å². The minimum Gasteiger partial charge on any atom is -0.366 e. The van der Waals surface area contributed by atoms with Crippen molar-refractivity contribution in [3.05, 3.63) is 58.6 Å². The number of benzene rings is 1. The average molecular weight is 278 g/mol. The SMILES string of the molecule is [NH3+]Cc1ccccc1CS(=O)(=O)[N-]c1ncccn1. The minimum atomic E-state index is -3.65. The van der Waals surface area contributed by atoms with Gasteiger partial charge in [-0.15, -0.1) is 0 Å². The monoisotopic (exact) mass is 278 g/mol. The smallest absolute Gasteiger partial charge is 0.204 e. The molecule has 1 aromatic heterocycles. The molecule has 0 aliphatic heterocycles. The highest BCUT2D eigenvalue weighted by atomic mass is 32.2. The second-order valence-electron chi connectivity index (χ2n) is 3.89. The molecule has 0 aliphatic rings. The van der Waals surface area contributed by atoms with E-state index in [1.807, 2.05) is 12.1 Å². The normalized spacial score (nSPS) is 11.2. The van der Waals surface area contributed by atoms with E-state index >= 15 is 0 Å². The van der Waals surface area contributed by atoms with E-state index < -0.39 is 10.0 Å². The molecule has 100 valence electrons. The zero-order valence-corrected chi connectivity index (χ0v) is 11.0. The van der Waals surface area contributed by atoms with Crippen LogP contribution in [-0.4, -0.2) is 18.4 Å². The van der Waals surface area contributed by atoms with Gasteiger partial charge in [-0.3, -0.25) is 4.72 Å². The summed E-state index contributed by atoms with van der Waals surface area (Å²) in [7, 11) is -3.65. The van der Waals surface area contributed by atoms with Gasteiger partial charge in [-0.1, -0.05) is 30.3 Å². The summed E-state index contributed by atoms with van der Waals surface area (Å²) in [4.78, 5) is 7.56. The zero-order chi connectivity index (χ0) is 13.7. The Morgan fingerprint density at radius 1 is 1.05 bits per heavy atom. The number of hydrogen-bond donors (Lipinski definition) is 1. The standard InChI is InChI=1S/C12H13N4O2S/c13-8-10-4-1-2-5-11(10)9-19(17,18)16-12-14-6-3-7-15-12/h1-7H,8-9,13H2/q-1/p+1. The fourth-order valence-electron chi connectivity index (χ4n) is 1.63. The number of rotatable bonds is 5. The molecule has 2 rings (SSSR count). The highest BCUT2D eigenvalue weighted by molar-refractivity contribution is 7.93. The Hall–Kier alpha value is -1.99. The Morgan fingerprint density at radius 2 is 1.68 bits per heavy atom. The molecule has 0 fully saturated rings. The van der Waals surface area contributed by atoms with Gasteiger partial charge in [0, 0.05) is 11.5 Å². The summed E-state index contributed by atoms with van der Waals surface area (Å²) < 4.78 is 27.5. The molecule has 0 radical (unpaired) electrons. The van der Waals surface area contributed by atoms with Gasteiger partial charge in [-0.2, -0.15) is 0 Å². The molecule has 6 nitrogen and oxygen atoms in total. The lowest BCUT2D eigenvalue weighted by Crippen LogP contribution is -2.47. The van der Waals surface area contributed by atoms with Crippen molar-refractivity contribution < 1.29 is 14.2 Å². The van der Waals surface area contributed by atoms with Crippen molar-refractivity contribution in [1.29, 1.82) is 0 Å². The first-order valence-corrected chi connectivity index (χ1v) is 7.30. The average Bonchev–Trinajstić information content (AvgIpc) is 2.39. The van der Waals surface area contributed by atoms with Crippen molar-refractivity contribution in [3.8, 4) is 0 Å². The van der Waals surface area contributed by atoms with Crippen LogP contribution >= 0.6 is 0 Å². The highest BCUT2D eigenvalue weighted by Crippen LogP contribution is 2.21. The zero-order valence-electron chi connectivity index (χ0n) is 10.2. The molecule has 0 saturated heterocycles. The number of quaternary nitrogens is 1. The van der Waals surface area contributed by atoms with Crippen LogP contribution in [0.4, 0.5) is 5.95 Å². The predicted octanol–water partition coefficient (Wildman–Crippen LogP) is 0.754. The van der Waals surface area contributed by atoms with Crippen LogP contribution in [0.2, 0.25) is 0 Å². The lowest BCUT2D eigenvalue weighted by Gasteiger charge is -2.13. The maximum atomic E-state index is 12.0. The lowest BCUT2D eigenvalue weighted by atomic mass is 10.1. The molecule has 0 bridgehead atoms. The van der Waals surface area contributed by atoms with Crippen LogP contribution in [0, 0.1) is 0 Å². The van der Waals surface area contributed by atoms with E-state index in [9.17, 15) is 8.42 Å². The molecule has 1 aromatic carbocycles. The van der Waals surface area contributed by atoms with Crippen molar-refractivity contribution in [2.45, 2.75) is 12.3 Å². The quantitative estimate of drug-likeness (QED) is 0.872. The van der Waals surface area contributed by atoms with E-state index in [4.69, 9.17) is 0 Å². The maximum Gasteiger partial charge on any atom is 0.204 e. The molecule has 0 unspecified atom stereocenters. The molecule has 19 heavy (non-hydrogen) atoms. The van der Waals surface area contributed by atoms with Gasteiger partial charge in [0.15, 0.2) is 0 Å². The second kappa shape index (κ2) is 5.77. The van der Waals surface area contributed by atoms with Crippen LogP contribution in [0.15, 0.2) is 42.7 Å². The Labute approximate surface area is 111 Å². The molecule has 7 heteroatoms. The molecular formula is C12H14N4O2S. The predicted molar refractivity (Wildman–Crippen MR) is 70.7 cm³/mol. The van der Waals surface area contributed by atoms with Crippen LogP contribution in [0.25, 0.3) is 4.72 Å². The largest absolute Gasteiger partial charge is 0.366 e. The molecule has 0 saturated carbocycles. The molecule has 0 aliphatic carbocycles. The molecular weight excluding hydrogens is 264 g/mol. The Balaban J connectivity index is 2.18. The second-order valence-corrected chi connectivity index (χ2v) is 5.52. The first-order valence-electron chi connectivity index (χ1n) is 5.69. The molecule has 2 aromatic rings. The summed E-state index contributed by atoms with van der Waals surface area (Å²) in [5.74, 6) is -0.216. The van der Waals surface area contributed by atoms with Gasteiger partial charge in [0.2, 0.25) is 10.0 Å². The minimum absolute atomic E-state index is 0.0467. The van der Waals surface area contributed by atoms with Gasteiger partial charge in [0.1, 0.15) is 0 Å². The third kappa shape index (κ3) is 3.73. The van der Waals surface area contributed by atoms with Crippen LogP contribution < -0.4 is 5.73 Å².